The topological polar surface area (TPSA) is 65.6 Å². The van der Waals surface area contributed by atoms with E-state index in [9.17, 15) is 4.79 Å². The van der Waals surface area contributed by atoms with Crippen molar-refractivity contribution in [2.45, 2.75) is 33.2 Å². The second kappa shape index (κ2) is 6.12. The monoisotopic (exact) mass is 371 g/mol. The third kappa shape index (κ3) is 2.72. The van der Waals surface area contributed by atoms with Crippen molar-refractivity contribution in [2.24, 2.45) is 5.41 Å². The van der Waals surface area contributed by atoms with Crippen molar-refractivity contribution in [3.63, 3.8) is 0 Å². The fraction of sp³-hybridized carbons (Fsp3) is 0.273. The molecular formula is C22H21N5O. The van der Waals surface area contributed by atoms with Gasteiger partial charge >= 0.3 is 0 Å². The Labute approximate surface area is 162 Å². The Morgan fingerprint density at radius 3 is 2.71 bits per heavy atom. The summed E-state index contributed by atoms with van der Waals surface area (Å²) in [7, 11) is 0. The molecular weight excluding hydrogens is 350 g/mol. The number of hydrogen-bond donors (Lipinski definition) is 0. The zero-order chi connectivity index (χ0) is 19.3. The summed E-state index contributed by atoms with van der Waals surface area (Å²) in [4.78, 5) is 17.9. The normalized spacial score (nSPS) is 15.5. The molecule has 28 heavy (non-hydrogen) atoms. The molecule has 0 bridgehead atoms. The number of nitrogens with zero attached hydrogens (tertiary/aromatic N) is 5. The Morgan fingerprint density at radius 2 is 1.89 bits per heavy atom. The van der Waals surface area contributed by atoms with Crippen LogP contribution in [-0.4, -0.2) is 24.5 Å². The van der Waals surface area contributed by atoms with Gasteiger partial charge in [0.15, 0.2) is 0 Å². The average Bonchev–Trinajstić information content (AvgIpc) is 3.19. The summed E-state index contributed by atoms with van der Waals surface area (Å²) in [6.45, 7) is 5.12. The van der Waals surface area contributed by atoms with E-state index in [-0.39, 0.29) is 11.0 Å². The van der Waals surface area contributed by atoms with Crippen LogP contribution in [-0.2, 0) is 13.0 Å². The van der Waals surface area contributed by atoms with Gasteiger partial charge in [0.25, 0.3) is 5.56 Å². The van der Waals surface area contributed by atoms with E-state index in [1.54, 1.807) is 10.9 Å². The highest BCUT2D eigenvalue weighted by molar-refractivity contribution is 5.83. The van der Waals surface area contributed by atoms with Gasteiger partial charge in [-0.05, 0) is 36.1 Å². The lowest BCUT2D eigenvalue weighted by Crippen LogP contribution is -2.36. The Kier molecular flexibility index (Phi) is 3.69. The van der Waals surface area contributed by atoms with Crippen LogP contribution in [0.1, 0.15) is 26.1 Å². The van der Waals surface area contributed by atoms with Gasteiger partial charge in [-0.25, -0.2) is 9.67 Å². The third-order valence-electron chi connectivity index (χ3n) is 5.49. The smallest absolute Gasteiger partial charge is 0.261 e. The molecule has 1 aliphatic rings. The highest BCUT2D eigenvalue weighted by Crippen LogP contribution is 2.30. The summed E-state index contributed by atoms with van der Waals surface area (Å²) in [5.74, 6) is 0.878. The predicted molar refractivity (Wildman–Crippen MR) is 108 cm³/mol. The van der Waals surface area contributed by atoms with Crippen LogP contribution in [0.2, 0.25) is 0 Å². The number of para-hydroxylation sites is 1. The molecule has 0 radical (unpaired) electrons. The molecule has 2 aromatic carbocycles. The van der Waals surface area contributed by atoms with Crippen LogP contribution in [0.5, 0.6) is 0 Å². The van der Waals surface area contributed by atoms with E-state index in [0.29, 0.717) is 5.39 Å². The van der Waals surface area contributed by atoms with E-state index in [2.05, 4.69) is 24.2 Å². The first-order valence-corrected chi connectivity index (χ1v) is 9.52. The fourth-order valence-corrected chi connectivity index (χ4v) is 3.93. The molecule has 0 spiro atoms. The molecule has 6 nitrogen and oxygen atoms in total. The van der Waals surface area contributed by atoms with Gasteiger partial charge in [-0.3, -0.25) is 9.36 Å². The zero-order valence-corrected chi connectivity index (χ0v) is 16.0. The summed E-state index contributed by atoms with van der Waals surface area (Å²) in [5, 5.41) is 8.97. The maximum absolute atomic E-state index is 13.0. The van der Waals surface area contributed by atoms with Gasteiger partial charge in [-0.15, -0.1) is 5.10 Å². The minimum Gasteiger partial charge on any atom is -0.296 e. The molecule has 5 rings (SSSR count). The van der Waals surface area contributed by atoms with Crippen LogP contribution in [0.25, 0.3) is 27.8 Å². The SMILES string of the molecule is CC1(C)CCc2nc3cc(-c4cnnn4-c4ccccc4)ccc3c(=O)n2C1. The minimum atomic E-state index is 0.0500. The van der Waals surface area contributed by atoms with E-state index < -0.39 is 0 Å². The fourth-order valence-electron chi connectivity index (χ4n) is 3.93. The molecule has 0 aliphatic carbocycles. The molecule has 140 valence electrons. The molecule has 0 fully saturated rings. The molecule has 6 heteroatoms. The van der Waals surface area contributed by atoms with Crippen LogP contribution in [0.3, 0.4) is 0 Å². The van der Waals surface area contributed by atoms with Gasteiger partial charge in [0.2, 0.25) is 0 Å². The Balaban J connectivity index is 1.65. The summed E-state index contributed by atoms with van der Waals surface area (Å²) < 4.78 is 3.65. The molecule has 0 saturated carbocycles. The van der Waals surface area contributed by atoms with Crippen molar-refractivity contribution in [1.29, 1.82) is 0 Å². The van der Waals surface area contributed by atoms with E-state index >= 15 is 0 Å². The number of aromatic nitrogens is 5. The third-order valence-corrected chi connectivity index (χ3v) is 5.49. The molecule has 4 aromatic rings. The first kappa shape index (κ1) is 16.9. The second-order valence-corrected chi connectivity index (χ2v) is 8.18. The standard InChI is InChI=1S/C22H21N5O/c1-22(2)11-10-20-24-18-12-15(8-9-17(18)21(28)26(20)14-22)19-13-23-25-27(19)16-6-4-3-5-7-16/h3-9,12-13H,10-11,14H2,1-2H3. The zero-order valence-electron chi connectivity index (χ0n) is 16.0. The first-order chi connectivity index (χ1) is 13.5. The van der Waals surface area contributed by atoms with Crippen molar-refractivity contribution in [2.75, 3.05) is 0 Å². The van der Waals surface area contributed by atoms with Gasteiger partial charge in [0, 0.05) is 18.5 Å². The van der Waals surface area contributed by atoms with E-state index in [0.717, 1.165) is 47.7 Å². The maximum atomic E-state index is 13.0. The summed E-state index contributed by atoms with van der Waals surface area (Å²) in [5.41, 5.74) is 3.65. The molecule has 0 atom stereocenters. The van der Waals surface area contributed by atoms with Crippen molar-refractivity contribution in [1.82, 2.24) is 24.5 Å². The maximum Gasteiger partial charge on any atom is 0.261 e. The lowest BCUT2D eigenvalue weighted by molar-refractivity contribution is 0.240. The van der Waals surface area contributed by atoms with Crippen molar-refractivity contribution in [3.05, 3.63) is 70.9 Å². The van der Waals surface area contributed by atoms with Gasteiger partial charge in [0.1, 0.15) is 5.82 Å². The molecule has 0 saturated heterocycles. The van der Waals surface area contributed by atoms with E-state index in [4.69, 9.17) is 4.98 Å². The van der Waals surface area contributed by atoms with Crippen LogP contribution >= 0.6 is 0 Å². The molecule has 0 N–H and O–H groups in total. The lowest BCUT2D eigenvalue weighted by atomic mass is 9.85. The first-order valence-electron chi connectivity index (χ1n) is 9.52. The number of hydrogen-bond acceptors (Lipinski definition) is 4. The van der Waals surface area contributed by atoms with Gasteiger partial charge in [-0.2, -0.15) is 0 Å². The molecule has 0 amide bonds. The molecule has 1 aliphatic heterocycles. The van der Waals surface area contributed by atoms with E-state index in [1.165, 1.54) is 0 Å². The Bertz CT molecular complexity index is 1240. The highest BCUT2D eigenvalue weighted by Gasteiger charge is 2.27. The number of benzene rings is 2. The van der Waals surface area contributed by atoms with Crippen LogP contribution in [0.4, 0.5) is 0 Å². The largest absolute Gasteiger partial charge is 0.296 e. The van der Waals surface area contributed by atoms with Gasteiger partial charge in [-0.1, -0.05) is 43.3 Å². The summed E-state index contributed by atoms with van der Waals surface area (Å²) in [6, 6.07) is 15.7. The van der Waals surface area contributed by atoms with Gasteiger partial charge in [0.05, 0.1) is 28.5 Å². The summed E-state index contributed by atoms with van der Waals surface area (Å²) >= 11 is 0. The van der Waals surface area contributed by atoms with Gasteiger partial charge < -0.3 is 0 Å². The molecule has 3 heterocycles. The second-order valence-electron chi connectivity index (χ2n) is 8.18. The van der Waals surface area contributed by atoms with Crippen molar-refractivity contribution in [3.8, 4) is 16.9 Å². The summed E-state index contributed by atoms with van der Waals surface area (Å²) in [6.07, 6.45) is 3.60. The van der Waals surface area contributed by atoms with E-state index in [1.807, 2.05) is 53.1 Å². The quantitative estimate of drug-likeness (QED) is 0.540. The number of fused-ring (bicyclic) bond motifs is 2. The minimum absolute atomic E-state index is 0.0500. The predicted octanol–water partition coefficient (Wildman–Crippen LogP) is 3.62. The van der Waals surface area contributed by atoms with Crippen molar-refractivity contribution >= 4 is 10.9 Å². The lowest BCUT2D eigenvalue weighted by Gasteiger charge is -2.31. The van der Waals surface area contributed by atoms with Crippen molar-refractivity contribution < 1.29 is 0 Å². The average molecular weight is 371 g/mol. The number of aryl methyl sites for hydroxylation is 1. The Hall–Kier alpha value is -3.28. The molecule has 2 aromatic heterocycles. The number of rotatable bonds is 2. The van der Waals surface area contributed by atoms with Crippen LogP contribution in [0, 0.1) is 5.41 Å². The highest BCUT2D eigenvalue weighted by atomic mass is 16.1. The van der Waals surface area contributed by atoms with Crippen LogP contribution < -0.4 is 5.56 Å². The Morgan fingerprint density at radius 1 is 1.07 bits per heavy atom. The molecule has 0 unspecified atom stereocenters. The van der Waals surface area contributed by atoms with Crippen LogP contribution in [0.15, 0.2) is 59.5 Å².